The SMILES string of the molecule is COC1(C(=O)Cc2cncc(Br)c2)CCCC1. The maximum absolute atomic E-state index is 12.3. The number of nitrogens with zero attached hydrogens (tertiary/aromatic N) is 1. The Morgan fingerprint density at radius 2 is 2.18 bits per heavy atom. The molecule has 1 aromatic heterocycles. The van der Waals surface area contributed by atoms with Gasteiger partial charge >= 0.3 is 0 Å². The monoisotopic (exact) mass is 297 g/mol. The Kier molecular flexibility index (Phi) is 3.94. The summed E-state index contributed by atoms with van der Waals surface area (Å²) in [5.41, 5.74) is 0.398. The van der Waals surface area contributed by atoms with E-state index in [1.807, 2.05) is 6.07 Å². The molecular formula is C13H16BrNO2. The van der Waals surface area contributed by atoms with Gasteiger partial charge in [0.15, 0.2) is 5.78 Å². The van der Waals surface area contributed by atoms with Gasteiger partial charge in [-0.3, -0.25) is 9.78 Å². The largest absolute Gasteiger partial charge is 0.370 e. The fraction of sp³-hybridized carbons (Fsp3) is 0.538. The highest BCUT2D eigenvalue weighted by Gasteiger charge is 2.40. The molecule has 0 radical (unpaired) electrons. The molecule has 1 saturated carbocycles. The third-order valence-electron chi connectivity index (χ3n) is 3.44. The minimum absolute atomic E-state index is 0.178. The minimum atomic E-state index is -0.539. The predicted molar refractivity (Wildman–Crippen MR) is 68.9 cm³/mol. The van der Waals surface area contributed by atoms with Gasteiger partial charge in [-0.1, -0.05) is 0 Å². The molecule has 92 valence electrons. The number of hydrogen-bond acceptors (Lipinski definition) is 3. The number of ether oxygens (including phenoxy) is 1. The van der Waals surface area contributed by atoms with Crippen molar-refractivity contribution in [1.82, 2.24) is 4.98 Å². The van der Waals surface area contributed by atoms with Crippen LogP contribution in [0.25, 0.3) is 0 Å². The van der Waals surface area contributed by atoms with Crippen LogP contribution >= 0.6 is 15.9 Å². The zero-order valence-electron chi connectivity index (χ0n) is 9.91. The number of Topliss-reactive ketones (excluding diaryl/α,β-unsaturated/α-hetero) is 1. The van der Waals surface area contributed by atoms with Gasteiger partial charge < -0.3 is 4.74 Å². The van der Waals surface area contributed by atoms with Crippen molar-refractivity contribution in [2.24, 2.45) is 0 Å². The number of methoxy groups -OCH3 is 1. The van der Waals surface area contributed by atoms with Crippen LogP contribution in [0.5, 0.6) is 0 Å². The molecule has 0 aromatic carbocycles. The predicted octanol–water partition coefficient (Wildman–Crippen LogP) is 2.91. The third-order valence-corrected chi connectivity index (χ3v) is 3.87. The molecule has 1 aliphatic carbocycles. The first-order valence-electron chi connectivity index (χ1n) is 5.84. The van der Waals surface area contributed by atoms with Crippen molar-refractivity contribution >= 4 is 21.7 Å². The molecule has 3 nitrogen and oxygen atoms in total. The van der Waals surface area contributed by atoms with Gasteiger partial charge in [0.25, 0.3) is 0 Å². The van der Waals surface area contributed by atoms with Gasteiger partial charge in [-0.2, -0.15) is 0 Å². The number of carbonyl (C=O) groups is 1. The average molecular weight is 298 g/mol. The molecule has 1 aromatic rings. The Balaban J connectivity index is 2.10. The number of carbonyl (C=O) groups excluding carboxylic acids is 1. The molecular weight excluding hydrogens is 282 g/mol. The molecule has 17 heavy (non-hydrogen) atoms. The van der Waals surface area contributed by atoms with Crippen molar-refractivity contribution in [2.45, 2.75) is 37.7 Å². The lowest BCUT2D eigenvalue weighted by molar-refractivity contribution is -0.139. The summed E-state index contributed by atoms with van der Waals surface area (Å²) in [6.45, 7) is 0. The normalized spacial score (nSPS) is 18.2. The van der Waals surface area contributed by atoms with Crippen molar-refractivity contribution < 1.29 is 9.53 Å². The lowest BCUT2D eigenvalue weighted by Gasteiger charge is -2.25. The van der Waals surface area contributed by atoms with Crippen LogP contribution in [0.3, 0.4) is 0 Å². The Bertz CT molecular complexity index is 414. The molecule has 0 amide bonds. The van der Waals surface area contributed by atoms with E-state index in [9.17, 15) is 4.79 Å². The van der Waals surface area contributed by atoms with Crippen molar-refractivity contribution in [3.8, 4) is 0 Å². The fourth-order valence-corrected chi connectivity index (χ4v) is 2.85. The van der Waals surface area contributed by atoms with Crippen molar-refractivity contribution in [3.63, 3.8) is 0 Å². The highest BCUT2D eigenvalue weighted by Crippen LogP contribution is 2.34. The maximum Gasteiger partial charge on any atom is 0.169 e. The molecule has 0 bridgehead atoms. The number of ketones is 1. The number of rotatable bonds is 4. The standard InChI is InChI=1S/C13H16BrNO2/c1-17-13(4-2-3-5-13)12(16)7-10-6-11(14)9-15-8-10/h6,8-9H,2-5,7H2,1H3. The van der Waals surface area contributed by atoms with Crippen LogP contribution in [-0.4, -0.2) is 23.5 Å². The second-order valence-corrected chi connectivity index (χ2v) is 5.43. The van der Waals surface area contributed by atoms with E-state index < -0.39 is 5.60 Å². The molecule has 0 unspecified atom stereocenters. The summed E-state index contributed by atoms with van der Waals surface area (Å²) in [4.78, 5) is 16.4. The molecule has 1 heterocycles. The minimum Gasteiger partial charge on any atom is -0.370 e. The summed E-state index contributed by atoms with van der Waals surface area (Å²) in [5, 5.41) is 0. The van der Waals surface area contributed by atoms with Gasteiger partial charge in [0.05, 0.1) is 0 Å². The van der Waals surface area contributed by atoms with Crippen LogP contribution in [0.4, 0.5) is 0 Å². The first kappa shape index (κ1) is 12.7. The topological polar surface area (TPSA) is 39.2 Å². The highest BCUT2D eigenvalue weighted by atomic mass is 79.9. The van der Waals surface area contributed by atoms with Crippen molar-refractivity contribution in [2.75, 3.05) is 7.11 Å². The van der Waals surface area contributed by atoms with E-state index in [4.69, 9.17) is 4.74 Å². The van der Waals surface area contributed by atoms with E-state index in [0.29, 0.717) is 6.42 Å². The van der Waals surface area contributed by atoms with Crippen LogP contribution in [0.1, 0.15) is 31.2 Å². The van der Waals surface area contributed by atoms with Gasteiger partial charge in [0, 0.05) is 30.4 Å². The van der Waals surface area contributed by atoms with E-state index in [2.05, 4.69) is 20.9 Å². The molecule has 1 fully saturated rings. The lowest BCUT2D eigenvalue weighted by atomic mass is 9.92. The van der Waals surface area contributed by atoms with Crippen LogP contribution in [-0.2, 0) is 16.0 Å². The van der Waals surface area contributed by atoms with E-state index >= 15 is 0 Å². The first-order chi connectivity index (χ1) is 8.16. The average Bonchev–Trinajstić information content (AvgIpc) is 2.78. The second-order valence-electron chi connectivity index (χ2n) is 4.52. The van der Waals surface area contributed by atoms with Gasteiger partial charge in [-0.25, -0.2) is 0 Å². The smallest absolute Gasteiger partial charge is 0.169 e. The Hall–Kier alpha value is -0.740. The molecule has 0 atom stereocenters. The second kappa shape index (κ2) is 5.27. The van der Waals surface area contributed by atoms with Gasteiger partial charge in [-0.15, -0.1) is 0 Å². The Morgan fingerprint density at radius 3 is 2.76 bits per heavy atom. The molecule has 4 heteroatoms. The maximum atomic E-state index is 12.3. The summed E-state index contributed by atoms with van der Waals surface area (Å²) in [6, 6.07) is 1.93. The zero-order chi connectivity index (χ0) is 12.3. The molecule has 0 aliphatic heterocycles. The summed E-state index contributed by atoms with van der Waals surface area (Å²) in [5.74, 6) is 0.178. The fourth-order valence-electron chi connectivity index (χ4n) is 2.44. The molecule has 1 aliphatic rings. The quantitative estimate of drug-likeness (QED) is 0.858. The number of aromatic nitrogens is 1. The lowest BCUT2D eigenvalue weighted by Crippen LogP contribution is -2.38. The van der Waals surface area contributed by atoms with Crippen LogP contribution < -0.4 is 0 Å². The van der Waals surface area contributed by atoms with Gasteiger partial charge in [0.2, 0.25) is 0 Å². The number of halogens is 1. The van der Waals surface area contributed by atoms with E-state index in [0.717, 1.165) is 35.7 Å². The van der Waals surface area contributed by atoms with Crippen LogP contribution in [0.2, 0.25) is 0 Å². The molecule has 0 N–H and O–H groups in total. The summed E-state index contributed by atoms with van der Waals surface area (Å²) in [7, 11) is 1.64. The first-order valence-corrected chi connectivity index (χ1v) is 6.63. The number of hydrogen-bond donors (Lipinski definition) is 0. The van der Waals surface area contributed by atoms with Gasteiger partial charge in [-0.05, 0) is 53.2 Å². The highest BCUT2D eigenvalue weighted by molar-refractivity contribution is 9.10. The Morgan fingerprint density at radius 1 is 1.47 bits per heavy atom. The van der Waals surface area contributed by atoms with Crippen molar-refractivity contribution in [1.29, 1.82) is 0 Å². The van der Waals surface area contributed by atoms with E-state index in [-0.39, 0.29) is 5.78 Å². The summed E-state index contributed by atoms with van der Waals surface area (Å²) >= 11 is 3.36. The van der Waals surface area contributed by atoms with Crippen molar-refractivity contribution in [3.05, 3.63) is 28.5 Å². The molecule has 0 spiro atoms. The summed E-state index contributed by atoms with van der Waals surface area (Å²) in [6.07, 6.45) is 7.72. The van der Waals surface area contributed by atoms with E-state index in [1.165, 1.54) is 0 Å². The zero-order valence-corrected chi connectivity index (χ0v) is 11.5. The third kappa shape index (κ3) is 2.75. The van der Waals surface area contributed by atoms with Gasteiger partial charge in [0.1, 0.15) is 5.60 Å². The molecule has 2 rings (SSSR count). The van der Waals surface area contributed by atoms with E-state index in [1.54, 1.807) is 19.5 Å². The van der Waals surface area contributed by atoms with Crippen LogP contribution in [0.15, 0.2) is 22.9 Å². The summed E-state index contributed by atoms with van der Waals surface area (Å²) < 4.78 is 6.38. The number of pyridine rings is 1. The van der Waals surface area contributed by atoms with Crippen LogP contribution in [0, 0.1) is 0 Å². The molecule has 0 saturated heterocycles. The Labute approximate surface area is 110 Å².